The number of ether oxygens (including phenoxy) is 4. The van der Waals surface area contributed by atoms with Gasteiger partial charge >= 0.3 is 5.97 Å². The number of nitrogens with one attached hydrogen (secondary N) is 1. The number of hydrogen-bond donors (Lipinski definition) is 1. The molecular formula is C27H26Cl2N2O6. The first kappa shape index (κ1) is 27.8. The lowest BCUT2D eigenvalue weighted by atomic mass is 10.2. The molecule has 0 aliphatic carbocycles. The molecular weight excluding hydrogens is 519 g/mol. The molecule has 194 valence electrons. The molecule has 0 aromatic heterocycles. The lowest BCUT2D eigenvalue weighted by Gasteiger charge is -2.14. The van der Waals surface area contributed by atoms with E-state index in [1.165, 1.54) is 12.3 Å². The van der Waals surface area contributed by atoms with Crippen LogP contribution in [0.25, 0.3) is 0 Å². The van der Waals surface area contributed by atoms with Crippen LogP contribution in [0.2, 0.25) is 10.0 Å². The number of benzene rings is 3. The van der Waals surface area contributed by atoms with Crippen molar-refractivity contribution in [1.82, 2.24) is 5.43 Å². The molecule has 0 heterocycles. The molecule has 37 heavy (non-hydrogen) atoms. The van der Waals surface area contributed by atoms with Gasteiger partial charge in [0.15, 0.2) is 17.6 Å². The minimum absolute atomic E-state index is 0.254. The van der Waals surface area contributed by atoms with Gasteiger partial charge in [0.1, 0.15) is 11.5 Å². The third-order valence-corrected chi connectivity index (χ3v) is 5.36. The van der Waals surface area contributed by atoms with E-state index in [9.17, 15) is 9.59 Å². The fourth-order valence-corrected chi connectivity index (χ4v) is 3.50. The quantitative estimate of drug-likeness (QED) is 0.139. The molecule has 1 atom stereocenters. The molecule has 0 aliphatic rings. The van der Waals surface area contributed by atoms with Crippen LogP contribution < -0.4 is 24.4 Å². The first-order chi connectivity index (χ1) is 17.8. The summed E-state index contributed by atoms with van der Waals surface area (Å²) in [6.45, 7) is 6.15. The van der Waals surface area contributed by atoms with Gasteiger partial charge in [-0.3, -0.25) is 4.79 Å². The Balaban J connectivity index is 1.62. The maximum absolute atomic E-state index is 12.6. The molecule has 0 saturated heterocycles. The molecule has 0 saturated carbocycles. The lowest BCUT2D eigenvalue weighted by molar-refractivity contribution is -0.127. The summed E-state index contributed by atoms with van der Waals surface area (Å²) >= 11 is 12.0. The fraction of sp³-hybridized carbons (Fsp3) is 0.222. The summed E-state index contributed by atoms with van der Waals surface area (Å²) in [4.78, 5) is 24.9. The minimum atomic E-state index is -0.862. The highest BCUT2D eigenvalue weighted by Crippen LogP contribution is 2.30. The first-order valence-corrected chi connectivity index (χ1v) is 12.2. The number of amides is 1. The monoisotopic (exact) mass is 544 g/mol. The number of hydrogen-bond acceptors (Lipinski definition) is 7. The Bertz CT molecular complexity index is 1260. The normalized spacial score (nSPS) is 11.6. The van der Waals surface area contributed by atoms with Crippen molar-refractivity contribution in [3.63, 3.8) is 0 Å². The second-order valence-electron chi connectivity index (χ2n) is 7.56. The Morgan fingerprint density at radius 2 is 1.62 bits per heavy atom. The Morgan fingerprint density at radius 3 is 2.30 bits per heavy atom. The molecule has 0 radical (unpaired) electrons. The average Bonchev–Trinajstić information content (AvgIpc) is 2.87. The highest BCUT2D eigenvalue weighted by molar-refractivity contribution is 6.35. The van der Waals surface area contributed by atoms with Gasteiger partial charge < -0.3 is 18.9 Å². The number of halogens is 2. The molecule has 0 spiro atoms. The first-order valence-electron chi connectivity index (χ1n) is 11.5. The zero-order valence-electron chi connectivity index (χ0n) is 20.5. The number of hydrazone groups is 1. The fourth-order valence-electron chi connectivity index (χ4n) is 3.05. The highest BCUT2D eigenvalue weighted by atomic mass is 35.5. The SMILES string of the molecule is CCOc1ccc(C(=O)Oc2ccc(/C=N\NC(=O)[C@@H](C)Oc3ccc(Cl)cc3Cl)cc2OCC)cc1. The van der Waals surface area contributed by atoms with E-state index in [1.54, 1.807) is 61.5 Å². The molecule has 0 unspecified atom stereocenters. The van der Waals surface area contributed by atoms with Crippen molar-refractivity contribution >= 4 is 41.3 Å². The van der Waals surface area contributed by atoms with E-state index in [1.807, 2.05) is 13.8 Å². The highest BCUT2D eigenvalue weighted by Gasteiger charge is 2.16. The van der Waals surface area contributed by atoms with Crippen LogP contribution in [0.1, 0.15) is 36.7 Å². The van der Waals surface area contributed by atoms with E-state index >= 15 is 0 Å². The van der Waals surface area contributed by atoms with Crippen LogP contribution in [0.5, 0.6) is 23.0 Å². The molecule has 8 nitrogen and oxygen atoms in total. The molecule has 3 aromatic rings. The third kappa shape index (κ3) is 8.13. The number of carbonyl (C=O) groups is 2. The van der Waals surface area contributed by atoms with Gasteiger partial charge in [-0.15, -0.1) is 0 Å². The number of nitrogens with zero attached hydrogens (tertiary/aromatic N) is 1. The Labute approximate surface area is 225 Å². The summed E-state index contributed by atoms with van der Waals surface area (Å²) in [5.74, 6) is 0.588. The van der Waals surface area contributed by atoms with Crippen LogP contribution in [0.4, 0.5) is 0 Å². The molecule has 1 amide bonds. The van der Waals surface area contributed by atoms with Gasteiger partial charge in [-0.25, -0.2) is 10.2 Å². The summed E-state index contributed by atoms with van der Waals surface area (Å²) in [5, 5.41) is 4.72. The predicted molar refractivity (Wildman–Crippen MR) is 142 cm³/mol. The van der Waals surface area contributed by atoms with Gasteiger partial charge in [-0.1, -0.05) is 23.2 Å². The van der Waals surface area contributed by atoms with Crippen molar-refractivity contribution in [2.24, 2.45) is 5.10 Å². The standard InChI is InChI=1S/C27H26Cl2N2O6/c1-4-34-21-10-7-19(8-11-21)27(33)37-24-12-6-18(14-25(24)35-5-2)16-30-31-26(32)17(3)36-23-13-9-20(28)15-22(23)29/h6-17H,4-5H2,1-3H3,(H,31,32)/b30-16-/t17-/m1/s1. The molecule has 0 bridgehead atoms. The van der Waals surface area contributed by atoms with E-state index in [2.05, 4.69) is 10.5 Å². The minimum Gasteiger partial charge on any atom is -0.494 e. The van der Waals surface area contributed by atoms with E-state index in [0.717, 1.165) is 0 Å². The van der Waals surface area contributed by atoms with Crippen molar-refractivity contribution in [3.05, 3.63) is 81.8 Å². The van der Waals surface area contributed by atoms with Crippen LogP contribution in [0.3, 0.4) is 0 Å². The van der Waals surface area contributed by atoms with Crippen molar-refractivity contribution < 1.29 is 28.5 Å². The van der Waals surface area contributed by atoms with Gasteiger partial charge in [0.2, 0.25) is 0 Å². The molecule has 0 aliphatic heterocycles. The maximum atomic E-state index is 12.6. The van der Waals surface area contributed by atoms with Gasteiger partial charge in [0.05, 0.1) is 30.0 Å². The van der Waals surface area contributed by atoms with Crippen molar-refractivity contribution in [3.8, 4) is 23.0 Å². The zero-order chi connectivity index (χ0) is 26.8. The van der Waals surface area contributed by atoms with Crippen LogP contribution >= 0.6 is 23.2 Å². The molecule has 10 heteroatoms. The lowest BCUT2D eigenvalue weighted by Crippen LogP contribution is -2.33. The summed E-state index contributed by atoms with van der Waals surface area (Å²) in [7, 11) is 0. The van der Waals surface area contributed by atoms with Crippen LogP contribution in [0, 0.1) is 0 Å². The number of esters is 1. The summed E-state index contributed by atoms with van der Waals surface area (Å²) < 4.78 is 22.1. The van der Waals surface area contributed by atoms with Gasteiger partial charge in [0.25, 0.3) is 5.91 Å². The van der Waals surface area contributed by atoms with Crippen molar-refractivity contribution in [1.29, 1.82) is 0 Å². The van der Waals surface area contributed by atoms with Gasteiger partial charge in [-0.05, 0) is 87.0 Å². The second-order valence-corrected chi connectivity index (χ2v) is 8.40. The van der Waals surface area contributed by atoms with E-state index < -0.39 is 18.0 Å². The van der Waals surface area contributed by atoms with Gasteiger partial charge in [-0.2, -0.15) is 5.10 Å². The third-order valence-electron chi connectivity index (χ3n) is 4.83. The topological polar surface area (TPSA) is 95.5 Å². The Kier molecular flexibility index (Phi) is 10.2. The van der Waals surface area contributed by atoms with Crippen LogP contribution in [-0.2, 0) is 4.79 Å². The maximum Gasteiger partial charge on any atom is 0.343 e. The molecule has 3 rings (SSSR count). The van der Waals surface area contributed by atoms with Crippen LogP contribution in [-0.4, -0.2) is 37.4 Å². The van der Waals surface area contributed by atoms with E-state index in [0.29, 0.717) is 51.6 Å². The zero-order valence-corrected chi connectivity index (χ0v) is 22.0. The van der Waals surface area contributed by atoms with E-state index in [-0.39, 0.29) is 5.75 Å². The van der Waals surface area contributed by atoms with Crippen molar-refractivity contribution in [2.75, 3.05) is 13.2 Å². The molecule has 0 fully saturated rings. The number of carbonyl (C=O) groups excluding carboxylic acids is 2. The summed E-state index contributed by atoms with van der Waals surface area (Å²) in [6, 6.07) is 16.3. The summed E-state index contributed by atoms with van der Waals surface area (Å²) in [6.07, 6.45) is 0.569. The van der Waals surface area contributed by atoms with E-state index in [4.69, 9.17) is 42.1 Å². The van der Waals surface area contributed by atoms with Crippen LogP contribution in [0.15, 0.2) is 65.8 Å². The number of rotatable bonds is 11. The predicted octanol–water partition coefficient (Wildman–Crippen LogP) is 5.93. The molecule has 1 N–H and O–H groups in total. The molecule has 3 aromatic carbocycles. The Morgan fingerprint density at radius 1 is 0.919 bits per heavy atom. The smallest absolute Gasteiger partial charge is 0.343 e. The largest absolute Gasteiger partial charge is 0.494 e. The Hall–Kier alpha value is -3.75. The van der Waals surface area contributed by atoms with Gasteiger partial charge in [0, 0.05) is 5.02 Å². The average molecular weight is 545 g/mol. The second kappa shape index (κ2) is 13.5. The van der Waals surface area contributed by atoms with Crippen molar-refractivity contribution in [2.45, 2.75) is 26.9 Å². The summed E-state index contributed by atoms with van der Waals surface area (Å²) in [5.41, 5.74) is 3.40.